The van der Waals surface area contributed by atoms with E-state index in [2.05, 4.69) is 64.0 Å². The molecule has 27 heavy (non-hydrogen) atoms. The maximum atomic E-state index is 9.15. The molecule has 2 unspecified atom stereocenters. The summed E-state index contributed by atoms with van der Waals surface area (Å²) in [6.45, 7) is 4.88. The van der Waals surface area contributed by atoms with E-state index in [0.717, 1.165) is 11.8 Å². The Labute approximate surface area is 159 Å². The van der Waals surface area contributed by atoms with Gasteiger partial charge in [0.15, 0.2) is 0 Å². The number of benzene rings is 2. The molecule has 2 aromatic carbocycles. The Kier molecular flexibility index (Phi) is 6.29. The third-order valence-electron chi connectivity index (χ3n) is 5.55. The average Bonchev–Trinajstić information content (AvgIpc) is 2.90. The molecule has 0 aromatic heterocycles. The number of likely N-dealkylation sites (tertiary alicyclic amines) is 1. The van der Waals surface area contributed by atoms with Crippen molar-refractivity contribution in [3.63, 3.8) is 0 Å². The first-order valence-corrected chi connectivity index (χ1v) is 9.32. The molecule has 0 amide bonds. The molecular formula is C21H26N2O4. The summed E-state index contributed by atoms with van der Waals surface area (Å²) in [5, 5.41) is 10.2. The molecule has 2 saturated heterocycles. The minimum Gasteiger partial charge on any atom is -0.449 e. The fourth-order valence-electron chi connectivity index (χ4n) is 4.26. The molecule has 2 aromatic rings. The van der Waals surface area contributed by atoms with Crippen molar-refractivity contribution in [1.82, 2.24) is 4.90 Å². The molecule has 6 nitrogen and oxygen atoms in total. The molecule has 2 atom stereocenters. The number of ether oxygens (including phenoxy) is 1. The molecule has 2 fully saturated rings. The van der Waals surface area contributed by atoms with Gasteiger partial charge < -0.3 is 19.6 Å². The molecule has 0 saturated carbocycles. The molecule has 2 aliphatic heterocycles. The van der Waals surface area contributed by atoms with Gasteiger partial charge in [-0.1, -0.05) is 30.3 Å². The van der Waals surface area contributed by atoms with Crippen molar-refractivity contribution in [3.8, 4) is 0 Å². The first-order valence-electron chi connectivity index (χ1n) is 9.32. The van der Waals surface area contributed by atoms with E-state index < -0.39 is 6.16 Å². The second kappa shape index (κ2) is 8.86. The van der Waals surface area contributed by atoms with Gasteiger partial charge in [-0.05, 0) is 54.6 Å². The van der Waals surface area contributed by atoms with Crippen LogP contribution < -0.4 is 4.90 Å². The average molecular weight is 370 g/mol. The molecule has 0 aliphatic carbocycles. The van der Waals surface area contributed by atoms with Crippen molar-refractivity contribution in [2.45, 2.75) is 12.8 Å². The number of rotatable bonds is 2. The summed E-state index contributed by atoms with van der Waals surface area (Å²) in [4.78, 5) is 23.3. The number of carbonyl (C=O) groups is 2. The molecule has 2 heterocycles. The largest absolute Gasteiger partial charge is 0.513 e. The Bertz CT molecular complexity index is 779. The highest BCUT2D eigenvalue weighted by Crippen LogP contribution is 2.33. The van der Waals surface area contributed by atoms with Gasteiger partial charge in [0.05, 0.1) is 0 Å². The molecule has 4 rings (SSSR count). The number of carbonyl (C=O) groups excluding carboxylic acids is 1. The number of hydrogen-bond acceptors (Lipinski definition) is 5. The van der Waals surface area contributed by atoms with Gasteiger partial charge in [-0.25, -0.2) is 4.79 Å². The van der Waals surface area contributed by atoms with Crippen molar-refractivity contribution < 1.29 is 19.4 Å². The minimum atomic E-state index is -1.58. The minimum absolute atomic E-state index is 0.150. The van der Waals surface area contributed by atoms with Crippen LogP contribution >= 0.6 is 0 Å². The normalized spacial score (nSPS) is 22.3. The number of hydrogen-bond donors (Lipinski definition) is 1. The lowest BCUT2D eigenvalue weighted by atomic mass is 9.92. The smallest absolute Gasteiger partial charge is 0.449 e. The van der Waals surface area contributed by atoms with Crippen LogP contribution in [0.4, 0.5) is 10.5 Å². The predicted molar refractivity (Wildman–Crippen MR) is 105 cm³/mol. The maximum Gasteiger partial charge on any atom is 0.513 e. The van der Waals surface area contributed by atoms with E-state index >= 15 is 0 Å². The van der Waals surface area contributed by atoms with Gasteiger partial charge in [-0.3, -0.25) is 4.79 Å². The molecule has 0 spiro atoms. The van der Waals surface area contributed by atoms with Crippen molar-refractivity contribution in [2.75, 3.05) is 38.1 Å². The Morgan fingerprint density at radius 1 is 1.07 bits per heavy atom. The lowest BCUT2D eigenvalue weighted by Gasteiger charge is -2.24. The van der Waals surface area contributed by atoms with Crippen LogP contribution in [0.25, 0.3) is 10.8 Å². The zero-order chi connectivity index (χ0) is 19.2. The van der Waals surface area contributed by atoms with E-state index in [1.165, 1.54) is 55.5 Å². The number of fused-ring (bicyclic) bond motifs is 2. The summed E-state index contributed by atoms with van der Waals surface area (Å²) in [5.41, 5.74) is 1.40. The fraction of sp³-hybridized carbons (Fsp3) is 0.429. The van der Waals surface area contributed by atoms with Crippen LogP contribution in [-0.4, -0.2) is 55.9 Å². The summed E-state index contributed by atoms with van der Waals surface area (Å²) in [5.74, 6) is 1.83. The molecule has 0 radical (unpaired) electrons. The molecule has 0 bridgehead atoms. The van der Waals surface area contributed by atoms with Gasteiger partial charge in [0.2, 0.25) is 0 Å². The summed E-state index contributed by atoms with van der Waals surface area (Å²) in [7, 11) is 2.27. The molecule has 1 N–H and O–H groups in total. The van der Waals surface area contributed by atoms with Gasteiger partial charge in [0.1, 0.15) is 0 Å². The standard InChI is InChI=1S/C19H24N2.C2H2O4/c1-20-13-17-8-10-21(11-9-18(17)14-20)19-7-6-15-4-2-3-5-16(15)12-19;3-1-6-2(4)5/h2-7,12,17-18H,8-11,13-14H2,1H3;1H,(H,4,5). The number of carboxylic acid groups (broad SMARTS) is 1. The summed E-state index contributed by atoms with van der Waals surface area (Å²) < 4.78 is 3.28. The SMILES string of the molecule is CN1CC2CCN(c3ccc4ccccc4c3)CCC2C1.O=COC(=O)O. The van der Waals surface area contributed by atoms with E-state index in [0.29, 0.717) is 0 Å². The second-order valence-electron chi connectivity index (χ2n) is 7.32. The van der Waals surface area contributed by atoms with Crippen molar-refractivity contribution in [2.24, 2.45) is 11.8 Å². The predicted octanol–water partition coefficient (Wildman–Crippen LogP) is 3.46. The van der Waals surface area contributed by atoms with Crippen molar-refractivity contribution in [1.29, 1.82) is 0 Å². The van der Waals surface area contributed by atoms with Crippen LogP contribution in [0.3, 0.4) is 0 Å². The van der Waals surface area contributed by atoms with Crippen molar-refractivity contribution >= 4 is 29.1 Å². The number of nitrogens with zero attached hydrogens (tertiary/aromatic N) is 2. The third-order valence-corrected chi connectivity index (χ3v) is 5.55. The monoisotopic (exact) mass is 370 g/mol. The Morgan fingerprint density at radius 2 is 1.70 bits per heavy atom. The highest BCUT2D eigenvalue weighted by molar-refractivity contribution is 5.85. The zero-order valence-corrected chi connectivity index (χ0v) is 15.6. The molecule has 2 aliphatic rings. The van der Waals surface area contributed by atoms with Crippen LogP contribution in [0.1, 0.15) is 12.8 Å². The van der Waals surface area contributed by atoms with E-state index in [1.807, 2.05) is 0 Å². The van der Waals surface area contributed by atoms with E-state index in [4.69, 9.17) is 14.7 Å². The Hall–Kier alpha value is -2.60. The van der Waals surface area contributed by atoms with Gasteiger partial charge in [0, 0.05) is 31.9 Å². The first kappa shape index (κ1) is 19.2. The number of anilines is 1. The second-order valence-corrected chi connectivity index (χ2v) is 7.32. The van der Waals surface area contributed by atoms with Crippen LogP contribution in [0.15, 0.2) is 42.5 Å². The van der Waals surface area contributed by atoms with Gasteiger partial charge >= 0.3 is 12.6 Å². The maximum absolute atomic E-state index is 9.15. The quantitative estimate of drug-likeness (QED) is 0.496. The topological polar surface area (TPSA) is 70.1 Å². The highest BCUT2D eigenvalue weighted by Gasteiger charge is 2.33. The summed E-state index contributed by atoms with van der Waals surface area (Å²) >= 11 is 0. The Morgan fingerprint density at radius 3 is 2.26 bits per heavy atom. The lowest BCUT2D eigenvalue weighted by molar-refractivity contribution is -0.124. The van der Waals surface area contributed by atoms with Gasteiger partial charge in [-0.15, -0.1) is 0 Å². The van der Waals surface area contributed by atoms with Crippen molar-refractivity contribution in [3.05, 3.63) is 42.5 Å². The zero-order valence-electron chi connectivity index (χ0n) is 15.6. The fourth-order valence-corrected chi connectivity index (χ4v) is 4.26. The molecular weight excluding hydrogens is 344 g/mol. The van der Waals surface area contributed by atoms with Crippen LogP contribution in [0, 0.1) is 11.8 Å². The summed E-state index contributed by atoms with van der Waals surface area (Å²) in [6, 6.07) is 15.6. The first-order chi connectivity index (χ1) is 13.1. The van der Waals surface area contributed by atoms with Gasteiger partial charge in [-0.2, -0.15) is 0 Å². The molecule has 6 heteroatoms. The molecule has 144 valence electrons. The third kappa shape index (κ3) is 4.98. The van der Waals surface area contributed by atoms with Crippen LogP contribution in [-0.2, 0) is 9.53 Å². The van der Waals surface area contributed by atoms with Crippen LogP contribution in [0.5, 0.6) is 0 Å². The summed E-state index contributed by atoms with van der Waals surface area (Å²) in [6.07, 6.45) is 1.12. The van der Waals surface area contributed by atoms with Gasteiger partial charge in [0.25, 0.3) is 0 Å². The van der Waals surface area contributed by atoms with Crippen LogP contribution in [0.2, 0.25) is 0 Å². The van der Waals surface area contributed by atoms with E-state index in [9.17, 15) is 0 Å². The van der Waals surface area contributed by atoms with E-state index in [-0.39, 0.29) is 6.47 Å². The lowest BCUT2D eigenvalue weighted by Crippen LogP contribution is -2.26. The Balaban J connectivity index is 0.000000307. The van der Waals surface area contributed by atoms with E-state index in [1.54, 1.807) is 0 Å². The highest BCUT2D eigenvalue weighted by atomic mass is 16.7.